The van der Waals surface area contributed by atoms with Gasteiger partial charge in [0.15, 0.2) is 11.0 Å². The Bertz CT molecular complexity index is 972. The van der Waals surface area contributed by atoms with Crippen LogP contribution in [0.1, 0.15) is 25.3 Å². The van der Waals surface area contributed by atoms with Crippen molar-refractivity contribution in [3.8, 4) is 11.4 Å². The molecule has 1 heterocycles. The van der Waals surface area contributed by atoms with Crippen molar-refractivity contribution in [1.29, 1.82) is 0 Å². The molecule has 144 valence electrons. The highest BCUT2D eigenvalue weighted by Gasteiger charge is 2.27. The summed E-state index contributed by atoms with van der Waals surface area (Å²) in [4.78, 5) is 12.3. The predicted octanol–water partition coefficient (Wildman–Crippen LogP) is 3.89. The largest absolute Gasteiger partial charge is 0.352 e. The average molecular weight is 396 g/mol. The number of carbonyl (C=O) groups is 1. The van der Waals surface area contributed by atoms with Gasteiger partial charge in [0.1, 0.15) is 5.82 Å². The first-order valence-corrected chi connectivity index (χ1v) is 10.2. The quantitative estimate of drug-likeness (QED) is 0.616. The molecule has 3 aromatic rings. The zero-order valence-electron chi connectivity index (χ0n) is 15.5. The van der Waals surface area contributed by atoms with Gasteiger partial charge >= 0.3 is 0 Å². The molecule has 0 saturated heterocycles. The number of nitrogens with zero attached hydrogens (tertiary/aromatic N) is 3. The van der Waals surface area contributed by atoms with Crippen LogP contribution in [0.15, 0.2) is 59.8 Å². The molecule has 4 rings (SSSR count). The summed E-state index contributed by atoms with van der Waals surface area (Å²) in [6, 6.07) is 16.7. The first kappa shape index (κ1) is 18.7. The van der Waals surface area contributed by atoms with Gasteiger partial charge < -0.3 is 5.32 Å². The van der Waals surface area contributed by atoms with Crippen LogP contribution in [0.25, 0.3) is 11.4 Å². The van der Waals surface area contributed by atoms with Crippen molar-refractivity contribution >= 4 is 17.7 Å². The third-order valence-corrected chi connectivity index (χ3v) is 5.67. The Morgan fingerprint density at radius 3 is 2.61 bits per heavy atom. The van der Waals surface area contributed by atoms with Crippen molar-refractivity contribution in [2.24, 2.45) is 0 Å². The SMILES string of the molecule is C[C@H](Sc1nnc(-c2ccccc2F)n1Cc1ccccc1)C(=O)NC1CC1. The highest BCUT2D eigenvalue weighted by atomic mass is 32.2. The lowest BCUT2D eigenvalue weighted by Crippen LogP contribution is -2.32. The number of rotatable bonds is 7. The van der Waals surface area contributed by atoms with E-state index in [-0.39, 0.29) is 17.0 Å². The molecule has 1 aliphatic carbocycles. The maximum atomic E-state index is 14.4. The van der Waals surface area contributed by atoms with Gasteiger partial charge in [-0.2, -0.15) is 0 Å². The van der Waals surface area contributed by atoms with Gasteiger partial charge in [-0.3, -0.25) is 9.36 Å². The van der Waals surface area contributed by atoms with E-state index in [1.165, 1.54) is 17.8 Å². The fraction of sp³-hybridized carbons (Fsp3) is 0.286. The smallest absolute Gasteiger partial charge is 0.233 e. The number of amides is 1. The second kappa shape index (κ2) is 8.14. The van der Waals surface area contributed by atoms with Crippen molar-refractivity contribution in [3.05, 3.63) is 66.0 Å². The molecule has 0 spiro atoms. The molecule has 1 aromatic heterocycles. The molecule has 0 radical (unpaired) electrons. The standard InChI is InChI=1S/C21H21FN4OS/c1-14(20(27)23-16-11-12-16)28-21-25-24-19(17-9-5-6-10-18(17)22)26(21)13-15-7-3-2-4-8-15/h2-10,14,16H,11-13H2,1H3,(H,23,27)/t14-/m0/s1. The van der Waals surface area contributed by atoms with Gasteiger partial charge in [0, 0.05) is 6.04 Å². The van der Waals surface area contributed by atoms with E-state index in [1.807, 2.05) is 41.8 Å². The van der Waals surface area contributed by atoms with Crippen LogP contribution in [0.5, 0.6) is 0 Å². The van der Waals surface area contributed by atoms with Gasteiger partial charge in [-0.1, -0.05) is 54.2 Å². The average Bonchev–Trinajstić information content (AvgIpc) is 3.44. The van der Waals surface area contributed by atoms with Crippen LogP contribution in [-0.4, -0.2) is 32.0 Å². The van der Waals surface area contributed by atoms with E-state index < -0.39 is 0 Å². The minimum Gasteiger partial charge on any atom is -0.352 e. The second-order valence-corrected chi connectivity index (χ2v) is 8.21. The molecule has 1 atom stereocenters. The highest BCUT2D eigenvalue weighted by Crippen LogP contribution is 2.29. The lowest BCUT2D eigenvalue weighted by Gasteiger charge is -2.14. The Balaban J connectivity index is 1.65. The fourth-order valence-corrected chi connectivity index (χ4v) is 3.74. The van der Waals surface area contributed by atoms with Crippen LogP contribution in [-0.2, 0) is 11.3 Å². The Hall–Kier alpha value is -2.67. The minimum absolute atomic E-state index is 0.00537. The predicted molar refractivity (Wildman–Crippen MR) is 107 cm³/mol. The number of benzene rings is 2. The Labute approximate surface area is 167 Å². The van der Waals surface area contributed by atoms with Crippen LogP contribution in [0.4, 0.5) is 4.39 Å². The van der Waals surface area contributed by atoms with Crippen molar-refractivity contribution in [2.75, 3.05) is 0 Å². The molecule has 1 aliphatic rings. The van der Waals surface area contributed by atoms with Gasteiger partial charge in [0.25, 0.3) is 0 Å². The van der Waals surface area contributed by atoms with Crippen LogP contribution >= 0.6 is 11.8 Å². The molecule has 5 nitrogen and oxygen atoms in total. The maximum absolute atomic E-state index is 14.4. The fourth-order valence-electron chi connectivity index (χ4n) is 2.88. The van der Waals surface area contributed by atoms with Crippen LogP contribution in [0, 0.1) is 5.82 Å². The summed E-state index contributed by atoms with van der Waals surface area (Å²) in [5.41, 5.74) is 1.45. The number of hydrogen-bond acceptors (Lipinski definition) is 4. The van der Waals surface area contributed by atoms with E-state index in [0.717, 1.165) is 18.4 Å². The molecular formula is C21H21FN4OS. The molecule has 1 saturated carbocycles. The summed E-state index contributed by atoms with van der Waals surface area (Å²) in [6.45, 7) is 2.35. The van der Waals surface area contributed by atoms with E-state index in [9.17, 15) is 9.18 Å². The second-order valence-electron chi connectivity index (χ2n) is 6.90. The van der Waals surface area contributed by atoms with Crippen molar-refractivity contribution < 1.29 is 9.18 Å². The van der Waals surface area contributed by atoms with Gasteiger partial charge in [0.2, 0.25) is 5.91 Å². The maximum Gasteiger partial charge on any atom is 0.233 e. The zero-order valence-corrected chi connectivity index (χ0v) is 16.3. The lowest BCUT2D eigenvalue weighted by atomic mass is 10.2. The van der Waals surface area contributed by atoms with Gasteiger partial charge in [-0.05, 0) is 37.5 Å². The van der Waals surface area contributed by atoms with Crippen LogP contribution in [0.2, 0.25) is 0 Å². The molecule has 1 N–H and O–H groups in total. The van der Waals surface area contributed by atoms with E-state index in [1.54, 1.807) is 18.2 Å². The van der Waals surface area contributed by atoms with Crippen LogP contribution in [0.3, 0.4) is 0 Å². The van der Waals surface area contributed by atoms with Crippen molar-refractivity contribution in [3.63, 3.8) is 0 Å². The summed E-state index contributed by atoms with van der Waals surface area (Å²) in [5, 5.41) is 11.8. The Morgan fingerprint density at radius 2 is 1.89 bits per heavy atom. The monoisotopic (exact) mass is 396 g/mol. The summed E-state index contributed by atoms with van der Waals surface area (Å²) >= 11 is 1.34. The summed E-state index contributed by atoms with van der Waals surface area (Å²) in [5.74, 6) is 0.105. The number of hydrogen-bond donors (Lipinski definition) is 1. The number of carbonyl (C=O) groups excluding carboxylic acids is 1. The van der Waals surface area contributed by atoms with E-state index >= 15 is 0 Å². The number of thioether (sulfide) groups is 1. The van der Waals surface area contributed by atoms with E-state index in [0.29, 0.717) is 29.1 Å². The van der Waals surface area contributed by atoms with Gasteiger partial charge in [-0.15, -0.1) is 10.2 Å². The summed E-state index contributed by atoms with van der Waals surface area (Å²) in [6.07, 6.45) is 2.09. The Morgan fingerprint density at radius 1 is 1.18 bits per heavy atom. The molecule has 28 heavy (non-hydrogen) atoms. The molecule has 1 amide bonds. The van der Waals surface area contributed by atoms with Crippen molar-refractivity contribution in [1.82, 2.24) is 20.1 Å². The normalized spacial score (nSPS) is 14.6. The molecule has 0 unspecified atom stereocenters. The van der Waals surface area contributed by atoms with Crippen molar-refractivity contribution in [2.45, 2.75) is 42.8 Å². The van der Waals surface area contributed by atoms with Crippen LogP contribution < -0.4 is 5.32 Å². The third kappa shape index (κ3) is 4.25. The molecule has 0 aliphatic heterocycles. The number of nitrogens with one attached hydrogen (secondary N) is 1. The zero-order chi connectivity index (χ0) is 19.5. The minimum atomic E-state index is -0.347. The van der Waals surface area contributed by atoms with Gasteiger partial charge in [-0.25, -0.2) is 4.39 Å². The van der Waals surface area contributed by atoms with E-state index in [4.69, 9.17) is 0 Å². The molecule has 0 bridgehead atoms. The van der Waals surface area contributed by atoms with E-state index in [2.05, 4.69) is 15.5 Å². The Kier molecular flexibility index (Phi) is 5.43. The summed E-state index contributed by atoms with van der Waals surface area (Å²) < 4.78 is 16.3. The highest BCUT2D eigenvalue weighted by molar-refractivity contribution is 8.00. The topological polar surface area (TPSA) is 59.8 Å². The number of halogens is 1. The molecular weight excluding hydrogens is 375 g/mol. The third-order valence-electron chi connectivity index (χ3n) is 4.59. The molecule has 2 aromatic carbocycles. The molecule has 7 heteroatoms. The lowest BCUT2D eigenvalue weighted by molar-refractivity contribution is -0.120. The van der Waals surface area contributed by atoms with Gasteiger partial charge in [0.05, 0.1) is 17.4 Å². The first-order valence-electron chi connectivity index (χ1n) is 9.31. The number of aromatic nitrogens is 3. The first-order chi connectivity index (χ1) is 13.6. The summed E-state index contributed by atoms with van der Waals surface area (Å²) in [7, 11) is 0. The molecule has 1 fully saturated rings.